The summed E-state index contributed by atoms with van der Waals surface area (Å²) in [5.74, 6) is 1.15. The molecule has 0 radical (unpaired) electrons. The van der Waals surface area contributed by atoms with Crippen LogP contribution in [0, 0.1) is 6.92 Å². The summed E-state index contributed by atoms with van der Waals surface area (Å²) in [5.41, 5.74) is 7.69. The van der Waals surface area contributed by atoms with E-state index >= 15 is 0 Å². The van der Waals surface area contributed by atoms with Gasteiger partial charge in [-0.2, -0.15) is 0 Å². The number of phenolic OH excluding ortho intramolecular Hbond substituents is 1. The second-order valence-electron chi connectivity index (χ2n) is 9.26. The van der Waals surface area contributed by atoms with Gasteiger partial charge in [-0.05, 0) is 91.1 Å². The van der Waals surface area contributed by atoms with E-state index in [-0.39, 0.29) is 12.8 Å². The van der Waals surface area contributed by atoms with Crippen LogP contribution in [0.25, 0.3) is 11.1 Å². The van der Waals surface area contributed by atoms with Crippen molar-refractivity contribution in [1.82, 2.24) is 10.1 Å². The van der Waals surface area contributed by atoms with E-state index in [4.69, 9.17) is 9.26 Å². The highest BCUT2D eigenvalue weighted by Crippen LogP contribution is 2.41. The number of nitrogens with zero attached hydrogens (tertiary/aromatic N) is 2. The van der Waals surface area contributed by atoms with Crippen molar-refractivity contribution in [3.63, 3.8) is 0 Å². The Morgan fingerprint density at radius 3 is 2.76 bits per heavy atom. The van der Waals surface area contributed by atoms with Crippen molar-refractivity contribution in [2.24, 2.45) is 0 Å². The van der Waals surface area contributed by atoms with Crippen LogP contribution in [0.3, 0.4) is 0 Å². The summed E-state index contributed by atoms with van der Waals surface area (Å²) in [6.45, 7) is 4.31. The second-order valence-corrected chi connectivity index (χ2v) is 9.26. The number of aryl methyl sites for hydroxylation is 2. The Morgan fingerprint density at radius 2 is 2.00 bits per heavy atom. The molecule has 0 amide bonds. The molecule has 0 bridgehead atoms. The Labute approximate surface area is 199 Å². The molecule has 1 aromatic heterocycles. The standard InChI is InChI=1S/C28H31FN2O3/c1-19-27(18-33-30-19)26-5-2-4-21-16-22(32)8-11-25(21)28(26)20-6-9-23(10-7-20)34-24-12-15-31(17-24)14-3-13-29/h6-11,16,18,24,32H,2-5,12-15,17H2,1H3/t24-/m0/s1. The molecule has 2 aliphatic rings. The summed E-state index contributed by atoms with van der Waals surface area (Å²) in [5, 5.41) is 14.2. The van der Waals surface area contributed by atoms with E-state index < -0.39 is 0 Å². The lowest BCUT2D eigenvalue weighted by molar-refractivity contribution is 0.198. The highest BCUT2D eigenvalue weighted by atomic mass is 19.1. The van der Waals surface area contributed by atoms with Gasteiger partial charge in [0.2, 0.25) is 0 Å². The molecule has 0 spiro atoms. The van der Waals surface area contributed by atoms with Gasteiger partial charge >= 0.3 is 0 Å². The first kappa shape index (κ1) is 22.7. The van der Waals surface area contributed by atoms with E-state index in [1.165, 1.54) is 5.57 Å². The van der Waals surface area contributed by atoms with Crippen LogP contribution in [-0.2, 0) is 6.42 Å². The third kappa shape index (κ3) is 4.73. The van der Waals surface area contributed by atoms with E-state index in [0.717, 1.165) is 84.6 Å². The third-order valence-electron chi connectivity index (χ3n) is 6.89. The first-order valence-electron chi connectivity index (χ1n) is 12.1. The number of hydrogen-bond acceptors (Lipinski definition) is 5. The molecule has 2 aromatic carbocycles. The van der Waals surface area contributed by atoms with Crippen molar-refractivity contribution in [3.05, 3.63) is 76.7 Å². The zero-order valence-corrected chi connectivity index (χ0v) is 19.6. The second kappa shape index (κ2) is 10.0. The molecule has 3 aromatic rings. The van der Waals surface area contributed by atoms with Gasteiger partial charge in [-0.3, -0.25) is 9.29 Å². The molecule has 6 heteroatoms. The van der Waals surface area contributed by atoms with Gasteiger partial charge in [-0.25, -0.2) is 0 Å². The van der Waals surface area contributed by atoms with E-state index in [2.05, 4.69) is 22.2 Å². The van der Waals surface area contributed by atoms with Crippen LogP contribution in [0.2, 0.25) is 0 Å². The van der Waals surface area contributed by atoms with Gasteiger partial charge in [0.1, 0.15) is 23.9 Å². The Hall–Kier alpha value is -3.12. The number of alkyl halides is 1. The van der Waals surface area contributed by atoms with E-state index in [1.807, 2.05) is 31.2 Å². The number of ether oxygens (including phenoxy) is 1. The number of likely N-dealkylation sites (tertiary alicyclic amines) is 1. The lowest BCUT2D eigenvalue weighted by Crippen LogP contribution is -2.26. The largest absolute Gasteiger partial charge is 0.508 e. The number of aromatic hydroxyl groups is 1. The molecule has 34 heavy (non-hydrogen) atoms. The normalized spacial score (nSPS) is 18.7. The molecule has 0 saturated carbocycles. The maximum Gasteiger partial charge on any atom is 0.131 e. The van der Waals surface area contributed by atoms with Crippen LogP contribution in [-0.4, -0.2) is 47.6 Å². The number of rotatable bonds is 7. The molecular weight excluding hydrogens is 431 g/mol. The Morgan fingerprint density at radius 1 is 1.15 bits per heavy atom. The van der Waals surface area contributed by atoms with Crippen LogP contribution >= 0.6 is 0 Å². The molecule has 5 nitrogen and oxygen atoms in total. The monoisotopic (exact) mass is 462 g/mol. The average Bonchev–Trinajstić information content (AvgIpc) is 3.42. The van der Waals surface area contributed by atoms with Crippen LogP contribution in [0.15, 0.2) is 53.3 Å². The predicted molar refractivity (Wildman–Crippen MR) is 131 cm³/mol. The van der Waals surface area contributed by atoms with Gasteiger partial charge in [-0.1, -0.05) is 23.4 Å². The highest BCUT2D eigenvalue weighted by Gasteiger charge is 2.25. The van der Waals surface area contributed by atoms with Gasteiger partial charge in [0.05, 0.1) is 12.4 Å². The van der Waals surface area contributed by atoms with E-state index in [9.17, 15) is 9.50 Å². The SMILES string of the molecule is Cc1nocc1C1=C(c2ccc(O[C@H]3CCN(CCCF)C3)cc2)c2ccc(O)cc2CCC1. The smallest absolute Gasteiger partial charge is 0.131 e. The molecule has 1 atom stereocenters. The molecule has 1 saturated heterocycles. The maximum absolute atomic E-state index is 12.5. The number of phenols is 1. The van der Waals surface area contributed by atoms with Crippen molar-refractivity contribution in [3.8, 4) is 11.5 Å². The third-order valence-corrected chi connectivity index (χ3v) is 6.89. The predicted octanol–water partition coefficient (Wildman–Crippen LogP) is 5.80. The molecular formula is C28H31FN2O3. The Balaban J connectivity index is 1.45. The summed E-state index contributed by atoms with van der Waals surface area (Å²) in [6, 6.07) is 14.0. The van der Waals surface area contributed by atoms with Crippen molar-refractivity contribution >= 4 is 11.1 Å². The summed E-state index contributed by atoms with van der Waals surface area (Å²) < 4.78 is 24.0. The number of allylic oxidation sites excluding steroid dienone is 1. The number of hydrogen-bond donors (Lipinski definition) is 1. The summed E-state index contributed by atoms with van der Waals surface area (Å²) >= 11 is 0. The fourth-order valence-electron chi connectivity index (χ4n) is 5.23. The Bertz CT molecular complexity index is 1170. The quantitative estimate of drug-likeness (QED) is 0.481. The number of benzene rings is 2. The lowest BCUT2D eigenvalue weighted by Gasteiger charge is -2.18. The van der Waals surface area contributed by atoms with Gasteiger partial charge in [-0.15, -0.1) is 0 Å². The molecule has 1 aliphatic carbocycles. The number of aromatic nitrogens is 1. The summed E-state index contributed by atoms with van der Waals surface area (Å²) in [4.78, 5) is 2.27. The first-order chi connectivity index (χ1) is 16.6. The minimum atomic E-state index is -0.265. The first-order valence-corrected chi connectivity index (χ1v) is 12.1. The van der Waals surface area contributed by atoms with Gasteiger partial charge in [0.25, 0.3) is 0 Å². The van der Waals surface area contributed by atoms with Crippen LogP contribution in [0.4, 0.5) is 4.39 Å². The van der Waals surface area contributed by atoms with Crippen molar-refractivity contribution in [2.45, 2.75) is 45.1 Å². The molecule has 1 N–H and O–H groups in total. The van der Waals surface area contributed by atoms with Crippen LogP contribution in [0.5, 0.6) is 11.5 Å². The topological polar surface area (TPSA) is 58.7 Å². The minimum Gasteiger partial charge on any atom is -0.508 e. The van der Waals surface area contributed by atoms with Crippen LogP contribution in [0.1, 0.15) is 53.6 Å². The molecule has 2 heterocycles. The van der Waals surface area contributed by atoms with Crippen molar-refractivity contribution < 1.29 is 18.8 Å². The van der Waals surface area contributed by atoms with Crippen molar-refractivity contribution in [1.29, 1.82) is 0 Å². The minimum absolute atomic E-state index is 0.140. The van der Waals surface area contributed by atoms with E-state index in [1.54, 1.807) is 12.3 Å². The maximum atomic E-state index is 12.5. The fourth-order valence-corrected chi connectivity index (χ4v) is 5.23. The lowest BCUT2D eigenvalue weighted by atomic mass is 9.88. The molecule has 1 aliphatic heterocycles. The molecule has 178 valence electrons. The highest BCUT2D eigenvalue weighted by molar-refractivity contribution is 6.00. The van der Waals surface area contributed by atoms with E-state index in [0.29, 0.717) is 12.2 Å². The average molecular weight is 463 g/mol. The van der Waals surface area contributed by atoms with Crippen molar-refractivity contribution in [2.75, 3.05) is 26.3 Å². The van der Waals surface area contributed by atoms with Gasteiger partial charge < -0.3 is 14.4 Å². The Kier molecular flexibility index (Phi) is 6.68. The molecule has 5 rings (SSSR count). The summed E-state index contributed by atoms with van der Waals surface area (Å²) in [6.07, 6.45) is 6.23. The van der Waals surface area contributed by atoms with Gasteiger partial charge in [0, 0.05) is 25.2 Å². The number of fused-ring (bicyclic) bond motifs is 1. The number of halogens is 1. The molecule has 1 fully saturated rings. The van der Waals surface area contributed by atoms with Crippen LogP contribution < -0.4 is 4.74 Å². The zero-order valence-electron chi connectivity index (χ0n) is 19.6. The van der Waals surface area contributed by atoms with Gasteiger partial charge in [0.15, 0.2) is 0 Å². The zero-order chi connectivity index (χ0) is 23.5. The fraction of sp³-hybridized carbons (Fsp3) is 0.393. The molecule has 0 unspecified atom stereocenters. The summed E-state index contributed by atoms with van der Waals surface area (Å²) in [7, 11) is 0.